The lowest BCUT2D eigenvalue weighted by Gasteiger charge is -2.17. The molecular formula is C18H19BrClN3O4S. The molecule has 0 fully saturated rings. The Kier molecular flexibility index (Phi) is 7.59. The van der Waals surface area contributed by atoms with Gasteiger partial charge < -0.3 is 10.6 Å². The van der Waals surface area contributed by atoms with Crippen molar-refractivity contribution in [3.63, 3.8) is 0 Å². The third kappa shape index (κ3) is 5.78. The SMILES string of the molecule is CCC(=O)Nc1ccc(Cl)c(NC(=O)CN(C)S(=O)(=O)c2ccc(Br)cc2)c1. The van der Waals surface area contributed by atoms with Gasteiger partial charge in [-0.2, -0.15) is 4.31 Å². The van der Waals surface area contributed by atoms with Crippen LogP contribution in [0.2, 0.25) is 5.02 Å². The van der Waals surface area contributed by atoms with E-state index in [9.17, 15) is 18.0 Å². The van der Waals surface area contributed by atoms with Gasteiger partial charge in [0.15, 0.2) is 0 Å². The summed E-state index contributed by atoms with van der Waals surface area (Å²) < 4.78 is 26.8. The Bertz CT molecular complexity index is 981. The van der Waals surface area contributed by atoms with Crippen molar-refractivity contribution in [2.24, 2.45) is 0 Å². The molecule has 0 aliphatic carbocycles. The molecule has 0 heterocycles. The molecule has 10 heteroatoms. The largest absolute Gasteiger partial charge is 0.326 e. The molecular weight excluding hydrogens is 470 g/mol. The Morgan fingerprint density at radius 2 is 1.71 bits per heavy atom. The molecule has 0 saturated heterocycles. The number of nitrogens with one attached hydrogen (secondary N) is 2. The van der Waals surface area contributed by atoms with E-state index in [-0.39, 0.29) is 21.5 Å². The van der Waals surface area contributed by atoms with Crippen LogP contribution in [0.15, 0.2) is 51.8 Å². The zero-order chi connectivity index (χ0) is 20.9. The van der Waals surface area contributed by atoms with Crippen molar-refractivity contribution in [2.45, 2.75) is 18.2 Å². The molecule has 7 nitrogen and oxygen atoms in total. The quantitative estimate of drug-likeness (QED) is 0.621. The van der Waals surface area contributed by atoms with Crippen molar-refractivity contribution in [2.75, 3.05) is 24.2 Å². The summed E-state index contributed by atoms with van der Waals surface area (Å²) in [6, 6.07) is 10.8. The van der Waals surface area contributed by atoms with Crippen molar-refractivity contribution in [1.29, 1.82) is 0 Å². The predicted molar refractivity (Wildman–Crippen MR) is 113 cm³/mol. The van der Waals surface area contributed by atoms with Crippen LogP contribution in [0.1, 0.15) is 13.3 Å². The van der Waals surface area contributed by atoms with Crippen molar-refractivity contribution in [3.05, 3.63) is 52.0 Å². The Morgan fingerprint density at radius 3 is 2.32 bits per heavy atom. The number of rotatable bonds is 7. The zero-order valence-corrected chi connectivity index (χ0v) is 18.4. The number of likely N-dealkylation sites (N-methyl/N-ethyl adjacent to an activating group) is 1. The molecule has 0 atom stereocenters. The third-order valence-electron chi connectivity index (χ3n) is 3.73. The van der Waals surface area contributed by atoms with Crippen LogP contribution >= 0.6 is 27.5 Å². The fraction of sp³-hybridized carbons (Fsp3) is 0.222. The van der Waals surface area contributed by atoms with Crippen LogP contribution in [-0.2, 0) is 19.6 Å². The van der Waals surface area contributed by atoms with Gasteiger partial charge >= 0.3 is 0 Å². The van der Waals surface area contributed by atoms with E-state index in [1.54, 1.807) is 25.1 Å². The number of amides is 2. The van der Waals surface area contributed by atoms with Gasteiger partial charge in [0.2, 0.25) is 21.8 Å². The van der Waals surface area contributed by atoms with Gasteiger partial charge in [0.1, 0.15) is 0 Å². The first-order chi connectivity index (χ1) is 13.1. The van der Waals surface area contributed by atoms with E-state index in [4.69, 9.17) is 11.6 Å². The monoisotopic (exact) mass is 487 g/mol. The molecule has 0 aromatic heterocycles. The summed E-state index contributed by atoms with van der Waals surface area (Å²) in [6.45, 7) is 1.32. The second-order valence-electron chi connectivity index (χ2n) is 5.86. The maximum Gasteiger partial charge on any atom is 0.243 e. The number of hydrogen-bond donors (Lipinski definition) is 2. The smallest absolute Gasteiger partial charge is 0.243 e. The molecule has 2 N–H and O–H groups in total. The van der Waals surface area contributed by atoms with Crippen LogP contribution in [0.5, 0.6) is 0 Å². The second-order valence-corrected chi connectivity index (χ2v) is 9.23. The Hall–Kier alpha value is -1.94. The topological polar surface area (TPSA) is 95.6 Å². The zero-order valence-electron chi connectivity index (χ0n) is 15.2. The molecule has 2 aromatic carbocycles. The van der Waals surface area contributed by atoms with Gasteiger partial charge in [-0.15, -0.1) is 0 Å². The molecule has 0 aliphatic heterocycles. The summed E-state index contributed by atoms with van der Waals surface area (Å²) in [5.41, 5.74) is 0.748. The number of hydrogen-bond acceptors (Lipinski definition) is 4. The van der Waals surface area contributed by atoms with E-state index in [2.05, 4.69) is 26.6 Å². The summed E-state index contributed by atoms with van der Waals surface area (Å²) in [5, 5.41) is 5.50. The molecule has 28 heavy (non-hydrogen) atoms. The molecule has 0 aliphatic rings. The maximum atomic E-state index is 12.6. The Labute approximate surface area is 177 Å². The fourth-order valence-corrected chi connectivity index (χ4v) is 3.77. The van der Waals surface area contributed by atoms with Gasteiger partial charge in [-0.25, -0.2) is 8.42 Å². The first kappa shape index (κ1) is 22.4. The highest BCUT2D eigenvalue weighted by atomic mass is 79.9. The number of carbonyl (C=O) groups is 2. The number of nitrogens with zero attached hydrogens (tertiary/aromatic N) is 1. The molecule has 0 saturated carbocycles. The summed E-state index contributed by atoms with van der Waals surface area (Å²) >= 11 is 9.33. The van der Waals surface area contributed by atoms with Crippen LogP contribution in [0.25, 0.3) is 0 Å². The third-order valence-corrected chi connectivity index (χ3v) is 6.41. The van der Waals surface area contributed by atoms with E-state index in [1.165, 1.54) is 31.3 Å². The van der Waals surface area contributed by atoms with E-state index in [1.807, 2.05) is 0 Å². The van der Waals surface area contributed by atoms with Crippen molar-refractivity contribution in [3.8, 4) is 0 Å². The second kappa shape index (κ2) is 9.51. The van der Waals surface area contributed by atoms with Gasteiger partial charge in [0.05, 0.1) is 22.2 Å². The molecule has 0 bridgehead atoms. The summed E-state index contributed by atoms with van der Waals surface area (Å²) in [5.74, 6) is -0.746. The summed E-state index contributed by atoms with van der Waals surface area (Å²) in [4.78, 5) is 23.9. The van der Waals surface area contributed by atoms with Crippen molar-refractivity contribution < 1.29 is 18.0 Å². The molecule has 2 aromatic rings. The lowest BCUT2D eigenvalue weighted by molar-refractivity contribution is -0.116. The number of anilines is 2. The van der Waals surface area contributed by atoms with Crippen LogP contribution in [0, 0.1) is 0 Å². The van der Waals surface area contributed by atoms with Crippen LogP contribution in [-0.4, -0.2) is 38.1 Å². The number of carbonyl (C=O) groups excluding carboxylic acids is 2. The average Bonchev–Trinajstić information content (AvgIpc) is 2.64. The standard InChI is InChI=1S/C18H19BrClN3O4S/c1-3-17(24)21-13-6-9-15(20)16(10-13)22-18(25)11-23(2)28(26,27)14-7-4-12(19)5-8-14/h4-10H,3,11H2,1-2H3,(H,21,24)(H,22,25). The molecule has 150 valence electrons. The number of halogens is 2. The highest BCUT2D eigenvalue weighted by molar-refractivity contribution is 9.10. The summed E-state index contributed by atoms with van der Waals surface area (Å²) in [6.07, 6.45) is 0.309. The van der Waals surface area contributed by atoms with Gasteiger partial charge in [-0.1, -0.05) is 34.5 Å². The van der Waals surface area contributed by atoms with Crippen molar-refractivity contribution >= 4 is 60.7 Å². The van der Waals surface area contributed by atoms with Gasteiger partial charge in [-0.05, 0) is 42.5 Å². The van der Waals surface area contributed by atoms with Crippen LogP contribution < -0.4 is 10.6 Å². The van der Waals surface area contributed by atoms with Crippen LogP contribution in [0.3, 0.4) is 0 Å². The normalized spacial score (nSPS) is 11.3. The highest BCUT2D eigenvalue weighted by Gasteiger charge is 2.23. The number of benzene rings is 2. The minimum atomic E-state index is -3.82. The first-order valence-corrected chi connectivity index (χ1v) is 10.9. The van der Waals surface area contributed by atoms with E-state index >= 15 is 0 Å². The highest BCUT2D eigenvalue weighted by Crippen LogP contribution is 2.26. The minimum absolute atomic E-state index is 0.0771. The fourth-order valence-electron chi connectivity index (χ4n) is 2.21. The lowest BCUT2D eigenvalue weighted by atomic mass is 10.2. The van der Waals surface area contributed by atoms with Gasteiger partial charge in [0, 0.05) is 23.6 Å². The molecule has 2 rings (SSSR count). The van der Waals surface area contributed by atoms with Gasteiger partial charge in [-0.3, -0.25) is 9.59 Å². The molecule has 2 amide bonds. The maximum absolute atomic E-state index is 12.6. The first-order valence-electron chi connectivity index (χ1n) is 8.24. The lowest BCUT2D eigenvalue weighted by Crippen LogP contribution is -2.35. The minimum Gasteiger partial charge on any atom is -0.326 e. The average molecular weight is 489 g/mol. The Balaban J connectivity index is 2.10. The summed E-state index contributed by atoms with van der Waals surface area (Å²) in [7, 11) is -2.50. The van der Waals surface area contributed by atoms with Crippen molar-refractivity contribution in [1.82, 2.24) is 4.31 Å². The van der Waals surface area contributed by atoms with E-state index < -0.39 is 22.5 Å². The number of sulfonamides is 1. The molecule has 0 unspecified atom stereocenters. The Morgan fingerprint density at radius 1 is 1.07 bits per heavy atom. The van der Waals surface area contributed by atoms with E-state index in [0.29, 0.717) is 12.1 Å². The predicted octanol–water partition coefficient (Wildman–Crippen LogP) is 3.71. The van der Waals surface area contributed by atoms with E-state index in [0.717, 1.165) is 8.78 Å². The molecule has 0 radical (unpaired) electrons. The van der Waals surface area contributed by atoms with Gasteiger partial charge in [0.25, 0.3) is 0 Å². The molecule has 0 spiro atoms. The van der Waals surface area contributed by atoms with Crippen LogP contribution in [0.4, 0.5) is 11.4 Å².